The van der Waals surface area contributed by atoms with Gasteiger partial charge in [0, 0.05) is 5.56 Å². The number of carbonyl (C=O) groups is 2. The number of rotatable bonds is 5. The van der Waals surface area contributed by atoms with Crippen molar-refractivity contribution in [3.05, 3.63) is 72.3 Å². The van der Waals surface area contributed by atoms with Crippen LogP contribution in [0, 0.1) is 0 Å². The second kappa shape index (κ2) is 6.96. The Morgan fingerprint density at radius 3 is 2.42 bits per heavy atom. The largest absolute Gasteiger partial charge is 0.484 e. The van der Waals surface area contributed by atoms with Crippen molar-refractivity contribution in [2.75, 3.05) is 11.9 Å². The maximum Gasteiger partial charge on any atom is 0.262 e. The van der Waals surface area contributed by atoms with Crippen LogP contribution in [-0.2, 0) is 4.79 Å². The van der Waals surface area contributed by atoms with E-state index in [4.69, 9.17) is 4.74 Å². The van der Waals surface area contributed by atoms with Gasteiger partial charge in [0.05, 0.1) is 5.69 Å². The van der Waals surface area contributed by atoms with Gasteiger partial charge in [0.25, 0.3) is 5.91 Å². The number of anilines is 1. The van der Waals surface area contributed by atoms with E-state index in [1.165, 1.54) is 6.92 Å². The molecule has 1 N–H and O–H groups in total. The summed E-state index contributed by atoms with van der Waals surface area (Å²) in [6, 6.07) is 20.5. The van der Waals surface area contributed by atoms with Crippen molar-refractivity contribution >= 4 is 28.2 Å². The van der Waals surface area contributed by atoms with Crippen molar-refractivity contribution < 1.29 is 14.3 Å². The van der Waals surface area contributed by atoms with Gasteiger partial charge in [0.1, 0.15) is 5.75 Å². The van der Waals surface area contributed by atoms with E-state index >= 15 is 0 Å². The molecule has 0 spiro atoms. The maximum absolute atomic E-state index is 12.1. The molecule has 0 atom stereocenters. The Kier molecular flexibility index (Phi) is 4.57. The van der Waals surface area contributed by atoms with Crippen molar-refractivity contribution in [3.63, 3.8) is 0 Å². The third kappa shape index (κ3) is 3.60. The van der Waals surface area contributed by atoms with E-state index in [1.807, 2.05) is 42.5 Å². The monoisotopic (exact) mass is 319 g/mol. The zero-order chi connectivity index (χ0) is 16.9. The molecule has 4 nitrogen and oxygen atoms in total. The zero-order valence-electron chi connectivity index (χ0n) is 13.3. The fraction of sp³-hybridized carbons (Fsp3) is 0.100. The molecule has 0 bridgehead atoms. The van der Waals surface area contributed by atoms with Crippen LogP contribution < -0.4 is 10.1 Å². The van der Waals surface area contributed by atoms with E-state index in [9.17, 15) is 9.59 Å². The summed E-state index contributed by atoms with van der Waals surface area (Å²) in [5.74, 6) is 0.224. The fourth-order valence-corrected chi connectivity index (χ4v) is 2.49. The minimum Gasteiger partial charge on any atom is -0.484 e. The van der Waals surface area contributed by atoms with Gasteiger partial charge in [-0.2, -0.15) is 0 Å². The average Bonchev–Trinajstić information content (AvgIpc) is 2.60. The van der Waals surface area contributed by atoms with Gasteiger partial charge < -0.3 is 10.1 Å². The van der Waals surface area contributed by atoms with E-state index < -0.39 is 0 Å². The highest BCUT2D eigenvalue weighted by Gasteiger charge is 2.10. The third-order valence-electron chi connectivity index (χ3n) is 3.67. The number of para-hydroxylation sites is 1. The van der Waals surface area contributed by atoms with E-state index in [-0.39, 0.29) is 18.3 Å². The summed E-state index contributed by atoms with van der Waals surface area (Å²) in [5, 5.41) is 4.88. The third-order valence-corrected chi connectivity index (χ3v) is 3.67. The molecule has 0 saturated heterocycles. The normalized spacial score (nSPS) is 10.4. The molecule has 0 fully saturated rings. The van der Waals surface area contributed by atoms with Gasteiger partial charge in [0.2, 0.25) is 0 Å². The number of hydrogen-bond donors (Lipinski definition) is 1. The lowest BCUT2D eigenvalue weighted by atomic mass is 10.1. The standard InChI is InChI=1S/C20H17NO3/c1-14(22)18-8-4-5-9-19(18)21-20(23)13-24-17-11-10-15-6-2-3-7-16(15)12-17/h2-12H,13H2,1H3,(H,21,23). The average molecular weight is 319 g/mol. The van der Waals surface area contributed by atoms with Crippen LogP contribution in [0.2, 0.25) is 0 Å². The van der Waals surface area contributed by atoms with E-state index in [0.717, 1.165) is 10.8 Å². The summed E-state index contributed by atoms with van der Waals surface area (Å²) < 4.78 is 5.55. The number of nitrogens with one attached hydrogen (secondary N) is 1. The first kappa shape index (κ1) is 15.7. The Balaban J connectivity index is 1.66. The Morgan fingerprint density at radius 1 is 0.917 bits per heavy atom. The predicted octanol–water partition coefficient (Wildman–Crippen LogP) is 4.06. The predicted molar refractivity (Wildman–Crippen MR) is 94.5 cm³/mol. The van der Waals surface area contributed by atoms with Crippen LogP contribution in [-0.4, -0.2) is 18.3 Å². The molecule has 4 heteroatoms. The molecule has 0 unspecified atom stereocenters. The van der Waals surface area contributed by atoms with Crippen LogP contribution in [0.4, 0.5) is 5.69 Å². The number of benzene rings is 3. The quantitative estimate of drug-likeness (QED) is 0.722. The van der Waals surface area contributed by atoms with Gasteiger partial charge in [-0.25, -0.2) is 0 Å². The second-order valence-electron chi connectivity index (χ2n) is 5.45. The molecular weight excluding hydrogens is 302 g/mol. The number of ketones is 1. The summed E-state index contributed by atoms with van der Waals surface area (Å²) in [5.41, 5.74) is 0.980. The highest BCUT2D eigenvalue weighted by molar-refractivity contribution is 6.03. The smallest absolute Gasteiger partial charge is 0.262 e. The molecule has 24 heavy (non-hydrogen) atoms. The van der Waals surface area contributed by atoms with Crippen LogP contribution in [0.5, 0.6) is 5.75 Å². The van der Waals surface area contributed by atoms with Crippen molar-refractivity contribution in [1.29, 1.82) is 0 Å². The van der Waals surface area contributed by atoms with Crippen LogP contribution in [0.3, 0.4) is 0 Å². The fourth-order valence-electron chi connectivity index (χ4n) is 2.49. The number of Topliss-reactive ketones (excluding diaryl/α,β-unsaturated/α-hetero) is 1. The Morgan fingerprint density at radius 2 is 1.62 bits per heavy atom. The van der Waals surface area contributed by atoms with Crippen LogP contribution in [0.25, 0.3) is 10.8 Å². The van der Waals surface area contributed by atoms with Crippen LogP contribution >= 0.6 is 0 Å². The van der Waals surface area contributed by atoms with E-state index in [0.29, 0.717) is 17.0 Å². The molecule has 0 radical (unpaired) electrons. The summed E-state index contributed by atoms with van der Waals surface area (Å²) in [4.78, 5) is 23.6. The Hall–Kier alpha value is -3.14. The summed E-state index contributed by atoms with van der Waals surface area (Å²) in [6.07, 6.45) is 0. The van der Waals surface area contributed by atoms with Gasteiger partial charge in [-0.05, 0) is 42.0 Å². The highest BCUT2D eigenvalue weighted by atomic mass is 16.5. The maximum atomic E-state index is 12.1. The highest BCUT2D eigenvalue weighted by Crippen LogP contribution is 2.21. The van der Waals surface area contributed by atoms with Crippen molar-refractivity contribution in [2.45, 2.75) is 6.92 Å². The molecule has 0 aromatic heterocycles. The molecular formula is C20H17NO3. The second-order valence-corrected chi connectivity index (χ2v) is 5.45. The van der Waals surface area contributed by atoms with Crippen molar-refractivity contribution in [3.8, 4) is 5.75 Å². The van der Waals surface area contributed by atoms with Crippen LogP contribution in [0.15, 0.2) is 66.7 Å². The van der Waals surface area contributed by atoms with Crippen molar-refractivity contribution in [2.24, 2.45) is 0 Å². The minimum absolute atomic E-state index is 0.0960. The molecule has 120 valence electrons. The molecule has 1 amide bonds. The summed E-state index contributed by atoms with van der Waals surface area (Å²) in [7, 11) is 0. The van der Waals surface area contributed by atoms with Gasteiger partial charge in [-0.15, -0.1) is 0 Å². The SMILES string of the molecule is CC(=O)c1ccccc1NC(=O)COc1ccc2ccccc2c1. The molecule has 3 rings (SSSR count). The van der Waals surface area contributed by atoms with Gasteiger partial charge in [-0.3, -0.25) is 9.59 Å². The van der Waals surface area contributed by atoms with Crippen molar-refractivity contribution in [1.82, 2.24) is 0 Å². The van der Waals surface area contributed by atoms with E-state index in [2.05, 4.69) is 5.32 Å². The molecule has 0 aliphatic carbocycles. The Bertz CT molecular complexity index is 902. The Labute approximate surface area is 140 Å². The topological polar surface area (TPSA) is 55.4 Å². The van der Waals surface area contributed by atoms with Gasteiger partial charge in [-0.1, -0.05) is 42.5 Å². The molecule has 3 aromatic rings. The number of carbonyl (C=O) groups excluding carboxylic acids is 2. The molecule has 0 heterocycles. The first-order valence-corrected chi connectivity index (χ1v) is 7.65. The zero-order valence-corrected chi connectivity index (χ0v) is 13.3. The van der Waals surface area contributed by atoms with Gasteiger partial charge >= 0.3 is 0 Å². The van der Waals surface area contributed by atoms with E-state index in [1.54, 1.807) is 24.3 Å². The molecule has 3 aromatic carbocycles. The number of ether oxygens (including phenoxy) is 1. The minimum atomic E-state index is -0.308. The molecule has 0 aliphatic rings. The summed E-state index contributed by atoms with van der Waals surface area (Å²) >= 11 is 0. The lowest BCUT2D eigenvalue weighted by Crippen LogP contribution is -2.21. The number of fused-ring (bicyclic) bond motifs is 1. The first-order valence-electron chi connectivity index (χ1n) is 7.65. The molecule has 0 saturated carbocycles. The number of hydrogen-bond acceptors (Lipinski definition) is 3. The first-order chi connectivity index (χ1) is 11.6. The lowest BCUT2D eigenvalue weighted by molar-refractivity contribution is -0.118. The lowest BCUT2D eigenvalue weighted by Gasteiger charge is -2.10. The van der Waals surface area contributed by atoms with Crippen LogP contribution in [0.1, 0.15) is 17.3 Å². The number of amides is 1. The van der Waals surface area contributed by atoms with Gasteiger partial charge in [0.15, 0.2) is 12.4 Å². The summed E-state index contributed by atoms with van der Waals surface area (Å²) in [6.45, 7) is 1.35. The molecule has 0 aliphatic heterocycles.